The number of benzene rings is 1. The topological polar surface area (TPSA) is 128 Å². The Morgan fingerprint density at radius 2 is 1.83 bits per heavy atom. The minimum Gasteiger partial charge on any atom is -0.395 e. The van der Waals surface area contributed by atoms with Crippen LogP contribution in [0.5, 0.6) is 0 Å². The highest BCUT2D eigenvalue weighted by molar-refractivity contribution is 7.92. The highest BCUT2D eigenvalue weighted by Crippen LogP contribution is 2.53. The lowest BCUT2D eigenvalue weighted by molar-refractivity contribution is -0.0222. The van der Waals surface area contributed by atoms with Gasteiger partial charge in [-0.2, -0.15) is 4.98 Å². The highest BCUT2D eigenvalue weighted by Gasteiger charge is 2.50. The number of aryl methyl sites for hydroxylation is 1. The minimum absolute atomic E-state index is 0.0954. The SMILES string of the molecule is Cc1cc(NC(=O)c2ccc(NS(=O)(=O)CCO)cc2N2CC[C@]3(CF)CCC3C2)nc(N2CCC(F)(F)CC2)n1. The monoisotopic (exact) mass is 596 g/mol. The van der Waals surface area contributed by atoms with Gasteiger partial charge in [0, 0.05) is 56.2 Å². The molecule has 1 saturated carbocycles. The summed E-state index contributed by atoms with van der Waals surface area (Å²) in [7, 11) is -3.80. The van der Waals surface area contributed by atoms with Crippen molar-refractivity contribution in [3.05, 3.63) is 35.5 Å². The van der Waals surface area contributed by atoms with Crippen molar-refractivity contribution < 1.29 is 31.5 Å². The van der Waals surface area contributed by atoms with Gasteiger partial charge in [0.05, 0.1) is 36.0 Å². The molecule has 1 aromatic heterocycles. The number of hydrogen-bond acceptors (Lipinski definition) is 8. The Morgan fingerprint density at radius 3 is 2.46 bits per heavy atom. The van der Waals surface area contributed by atoms with Gasteiger partial charge in [-0.1, -0.05) is 0 Å². The molecule has 3 N–H and O–H groups in total. The molecule has 3 fully saturated rings. The minimum atomic E-state index is -3.80. The smallest absolute Gasteiger partial charge is 0.258 e. The van der Waals surface area contributed by atoms with Crippen molar-refractivity contribution in [1.29, 1.82) is 0 Å². The Bertz CT molecular complexity index is 1400. The third-order valence-electron chi connectivity index (χ3n) is 8.52. The standard InChI is InChI=1S/C27H35F3N6O4S/c1-18-14-23(33-25(31-18)35-10-7-27(29,30)8-11-35)32-24(38)21-3-2-20(34-41(39,40)13-12-37)15-22(21)36-9-6-26(17-28)5-4-19(26)16-36/h2-3,14-15,19,34,37H,4-13,16-17H2,1H3,(H,31,32,33,38)/t19?,26-/m0/s1. The zero-order valence-corrected chi connectivity index (χ0v) is 23.7. The number of sulfonamides is 1. The molecular formula is C27H35F3N6O4S. The number of aliphatic hydroxyl groups is 1. The van der Waals surface area contributed by atoms with Crippen LogP contribution in [0.25, 0.3) is 0 Å². The van der Waals surface area contributed by atoms with E-state index in [1.807, 2.05) is 4.90 Å². The van der Waals surface area contributed by atoms with E-state index in [9.17, 15) is 26.4 Å². The zero-order chi connectivity index (χ0) is 29.4. The molecule has 10 nitrogen and oxygen atoms in total. The Hall–Kier alpha value is -3.13. The van der Waals surface area contributed by atoms with E-state index in [0.29, 0.717) is 30.9 Å². The molecule has 1 aromatic carbocycles. The van der Waals surface area contributed by atoms with E-state index in [4.69, 9.17) is 5.11 Å². The first-order valence-electron chi connectivity index (χ1n) is 13.8. The maximum atomic E-state index is 13.9. The van der Waals surface area contributed by atoms with E-state index in [0.717, 1.165) is 12.8 Å². The Kier molecular flexibility index (Phi) is 8.07. The molecule has 1 unspecified atom stereocenters. The van der Waals surface area contributed by atoms with Gasteiger partial charge in [-0.25, -0.2) is 22.2 Å². The Balaban J connectivity index is 1.41. The molecule has 14 heteroatoms. The molecule has 2 aromatic rings. The lowest BCUT2D eigenvalue weighted by Gasteiger charge is -2.54. The third kappa shape index (κ3) is 6.37. The van der Waals surface area contributed by atoms with Crippen LogP contribution in [-0.4, -0.2) is 80.5 Å². The van der Waals surface area contributed by atoms with Crippen LogP contribution >= 0.6 is 0 Å². The Labute approximate surface area is 237 Å². The first-order valence-corrected chi connectivity index (χ1v) is 15.4. The third-order valence-corrected chi connectivity index (χ3v) is 9.79. The number of fused-ring (bicyclic) bond motifs is 1. The molecule has 2 aliphatic heterocycles. The number of amides is 1. The van der Waals surface area contributed by atoms with Crippen LogP contribution in [0.4, 0.5) is 36.3 Å². The van der Waals surface area contributed by atoms with Crippen molar-refractivity contribution in [1.82, 2.24) is 9.97 Å². The molecule has 1 amide bonds. The number of alkyl halides is 3. The maximum absolute atomic E-state index is 13.9. The number of carbonyl (C=O) groups excluding carboxylic acids is 1. The van der Waals surface area contributed by atoms with E-state index in [-0.39, 0.29) is 67.0 Å². The summed E-state index contributed by atoms with van der Waals surface area (Å²) in [5, 5.41) is 11.9. The van der Waals surface area contributed by atoms with E-state index in [1.54, 1.807) is 24.0 Å². The summed E-state index contributed by atoms with van der Waals surface area (Å²) in [5.41, 5.74) is 1.24. The quantitative estimate of drug-likeness (QED) is 0.401. The molecule has 0 radical (unpaired) electrons. The summed E-state index contributed by atoms with van der Waals surface area (Å²) in [6.07, 6.45) is 1.74. The molecule has 2 atom stereocenters. The van der Waals surface area contributed by atoms with Gasteiger partial charge in [0.1, 0.15) is 5.82 Å². The van der Waals surface area contributed by atoms with Crippen molar-refractivity contribution in [3.8, 4) is 0 Å². The van der Waals surface area contributed by atoms with Gasteiger partial charge in [0.2, 0.25) is 16.0 Å². The van der Waals surface area contributed by atoms with Gasteiger partial charge < -0.3 is 20.2 Å². The number of nitrogens with zero attached hydrogens (tertiary/aromatic N) is 4. The summed E-state index contributed by atoms with van der Waals surface area (Å²) in [6, 6.07) is 6.15. The number of rotatable bonds is 9. The van der Waals surface area contributed by atoms with Crippen LogP contribution in [0.15, 0.2) is 24.3 Å². The van der Waals surface area contributed by atoms with Gasteiger partial charge in [0.15, 0.2) is 0 Å². The van der Waals surface area contributed by atoms with Gasteiger partial charge in [-0.05, 0) is 50.3 Å². The molecule has 2 saturated heterocycles. The first kappa shape index (κ1) is 29.4. The van der Waals surface area contributed by atoms with Gasteiger partial charge in [-0.3, -0.25) is 13.9 Å². The van der Waals surface area contributed by atoms with Crippen molar-refractivity contribution in [3.63, 3.8) is 0 Å². The predicted octanol–water partition coefficient (Wildman–Crippen LogP) is 3.58. The van der Waals surface area contributed by atoms with Gasteiger partial charge in [-0.15, -0.1) is 0 Å². The molecule has 0 spiro atoms. The Morgan fingerprint density at radius 1 is 1.10 bits per heavy atom. The second-order valence-corrected chi connectivity index (χ2v) is 13.1. The summed E-state index contributed by atoms with van der Waals surface area (Å²) in [6.45, 7) is 2.03. The molecular weight excluding hydrogens is 561 g/mol. The molecule has 41 heavy (non-hydrogen) atoms. The number of aromatic nitrogens is 2. The number of carbonyl (C=O) groups is 1. The fourth-order valence-corrected chi connectivity index (χ4v) is 6.75. The van der Waals surface area contributed by atoms with Crippen molar-refractivity contribution in [2.45, 2.75) is 45.0 Å². The largest absolute Gasteiger partial charge is 0.395 e. The van der Waals surface area contributed by atoms with Crippen molar-refractivity contribution in [2.75, 3.05) is 65.1 Å². The van der Waals surface area contributed by atoms with Crippen molar-refractivity contribution >= 4 is 39.1 Å². The summed E-state index contributed by atoms with van der Waals surface area (Å²) < 4.78 is 68.2. The van der Waals surface area contributed by atoms with Crippen LogP contribution in [0, 0.1) is 18.3 Å². The second kappa shape index (κ2) is 11.3. The van der Waals surface area contributed by atoms with Crippen LogP contribution < -0.4 is 19.8 Å². The predicted molar refractivity (Wildman–Crippen MR) is 150 cm³/mol. The number of aliphatic hydroxyl groups excluding tert-OH is 1. The highest BCUT2D eigenvalue weighted by atomic mass is 32.2. The van der Waals surface area contributed by atoms with Crippen LogP contribution in [0.1, 0.15) is 48.2 Å². The number of nitrogens with one attached hydrogen (secondary N) is 2. The lowest BCUT2D eigenvalue weighted by atomic mass is 9.57. The molecule has 3 aliphatic rings. The lowest BCUT2D eigenvalue weighted by Crippen LogP contribution is -2.54. The van der Waals surface area contributed by atoms with E-state index in [1.165, 1.54) is 12.1 Å². The molecule has 1 aliphatic carbocycles. The van der Waals surface area contributed by atoms with Gasteiger partial charge >= 0.3 is 0 Å². The number of piperidine rings is 2. The van der Waals surface area contributed by atoms with E-state index < -0.39 is 34.2 Å². The molecule has 5 rings (SSSR count). The normalized spacial score (nSPS) is 23.9. The van der Waals surface area contributed by atoms with Crippen LogP contribution in [0.2, 0.25) is 0 Å². The molecule has 3 heterocycles. The van der Waals surface area contributed by atoms with Crippen molar-refractivity contribution in [2.24, 2.45) is 11.3 Å². The van der Waals surface area contributed by atoms with Crippen LogP contribution in [-0.2, 0) is 10.0 Å². The first-order chi connectivity index (χ1) is 19.4. The zero-order valence-electron chi connectivity index (χ0n) is 22.9. The summed E-state index contributed by atoms with van der Waals surface area (Å²) in [5.74, 6) is -3.08. The average Bonchev–Trinajstić information content (AvgIpc) is 2.89. The number of halogens is 3. The average molecular weight is 597 g/mol. The molecule has 0 bridgehead atoms. The van der Waals surface area contributed by atoms with Crippen LogP contribution in [0.3, 0.4) is 0 Å². The van der Waals surface area contributed by atoms with E-state index >= 15 is 0 Å². The summed E-state index contributed by atoms with van der Waals surface area (Å²) >= 11 is 0. The fourth-order valence-electron chi connectivity index (χ4n) is 5.92. The fraction of sp³-hybridized carbons (Fsp3) is 0.593. The molecule has 224 valence electrons. The number of hydrogen-bond donors (Lipinski definition) is 3. The maximum Gasteiger partial charge on any atom is 0.258 e. The number of anilines is 4. The van der Waals surface area contributed by atoms with E-state index in [2.05, 4.69) is 20.0 Å². The van der Waals surface area contributed by atoms with Gasteiger partial charge in [0.25, 0.3) is 11.8 Å². The summed E-state index contributed by atoms with van der Waals surface area (Å²) in [4.78, 5) is 26.0. The second-order valence-electron chi connectivity index (χ2n) is 11.3.